The summed E-state index contributed by atoms with van der Waals surface area (Å²) in [4.78, 5) is 0. The molecule has 0 radical (unpaired) electrons. The smallest absolute Gasteiger partial charge is 0.157 e. The topological polar surface area (TPSA) is 62.3 Å². The summed E-state index contributed by atoms with van der Waals surface area (Å²) in [5.74, 6) is 1.37. The van der Waals surface area contributed by atoms with Crippen LogP contribution < -0.4 is 15.2 Å². The Labute approximate surface area is 106 Å². The van der Waals surface area contributed by atoms with Gasteiger partial charge >= 0.3 is 0 Å². The maximum absolute atomic E-state index is 6.01. The second kappa shape index (κ2) is 5.44. The van der Waals surface area contributed by atoms with Crippen LogP contribution in [-0.4, -0.2) is 23.5 Å². The zero-order valence-corrected chi connectivity index (χ0v) is 10.6. The fourth-order valence-corrected chi connectivity index (χ4v) is 1.64. The first-order chi connectivity index (χ1) is 8.76. The number of hydrogen-bond donors (Lipinski definition) is 1. The van der Waals surface area contributed by atoms with Gasteiger partial charge in [0.2, 0.25) is 0 Å². The molecule has 0 fully saturated rings. The standard InChI is InChI=1S/C13H17N3O2/c1-3-7-18-10-8-15-16(9-10)11-5-4-6-12(17-2)13(11)14/h4-6,8-9H,3,7,14H2,1-2H3. The Morgan fingerprint density at radius 1 is 1.39 bits per heavy atom. The largest absolute Gasteiger partial charge is 0.495 e. The van der Waals surface area contributed by atoms with E-state index in [2.05, 4.69) is 12.0 Å². The molecule has 1 heterocycles. The van der Waals surface area contributed by atoms with Crippen LogP contribution in [-0.2, 0) is 0 Å². The third-order valence-corrected chi connectivity index (χ3v) is 2.54. The van der Waals surface area contributed by atoms with Crippen molar-refractivity contribution in [3.8, 4) is 17.2 Å². The average molecular weight is 247 g/mol. The number of nitrogen functional groups attached to an aromatic ring is 1. The fraction of sp³-hybridized carbons (Fsp3) is 0.308. The maximum atomic E-state index is 6.01. The number of anilines is 1. The Bertz CT molecular complexity index is 523. The summed E-state index contributed by atoms with van der Waals surface area (Å²) in [7, 11) is 1.59. The summed E-state index contributed by atoms with van der Waals surface area (Å²) in [6.45, 7) is 2.74. The van der Waals surface area contributed by atoms with Gasteiger partial charge in [-0.25, -0.2) is 4.68 Å². The van der Waals surface area contributed by atoms with Gasteiger partial charge < -0.3 is 15.2 Å². The monoisotopic (exact) mass is 247 g/mol. The molecule has 0 unspecified atom stereocenters. The van der Waals surface area contributed by atoms with E-state index in [-0.39, 0.29) is 0 Å². The van der Waals surface area contributed by atoms with Crippen molar-refractivity contribution >= 4 is 5.69 Å². The number of nitrogens with zero attached hydrogens (tertiary/aromatic N) is 2. The molecule has 1 aromatic carbocycles. The number of nitrogens with two attached hydrogens (primary N) is 1. The third-order valence-electron chi connectivity index (χ3n) is 2.54. The van der Waals surface area contributed by atoms with Crippen LogP contribution >= 0.6 is 0 Å². The predicted octanol–water partition coefficient (Wildman–Crippen LogP) is 2.25. The van der Waals surface area contributed by atoms with Crippen LogP contribution in [0.5, 0.6) is 11.5 Å². The van der Waals surface area contributed by atoms with Crippen molar-refractivity contribution in [2.75, 3.05) is 19.5 Å². The van der Waals surface area contributed by atoms with Gasteiger partial charge in [-0.05, 0) is 18.6 Å². The first-order valence-corrected chi connectivity index (χ1v) is 5.86. The number of methoxy groups -OCH3 is 1. The van der Waals surface area contributed by atoms with E-state index in [1.165, 1.54) is 0 Å². The van der Waals surface area contributed by atoms with Crippen molar-refractivity contribution in [1.29, 1.82) is 0 Å². The summed E-state index contributed by atoms with van der Waals surface area (Å²) in [6.07, 6.45) is 4.45. The average Bonchev–Trinajstić information content (AvgIpc) is 2.85. The first-order valence-electron chi connectivity index (χ1n) is 5.86. The van der Waals surface area contributed by atoms with Gasteiger partial charge in [-0.1, -0.05) is 13.0 Å². The van der Waals surface area contributed by atoms with Crippen molar-refractivity contribution in [2.45, 2.75) is 13.3 Å². The van der Waals surface area contributed by atoms with Gasteiger partial charge in [0.1, 0.15) is 11.4 Å². The Kier molecular flexibility index (Phi) is 3.72. The molecule has 0 saturated carbocycles. The van der Waals surface area contributed by atoms with Gasteiger partial charge in [-0.3, -0.25) is 0 Å². The van der Waals surface area contributed by atoms with Gasteiger partial charge in [0, 0.05) is 0 Å². The highest BCUT2D eigenvalue weighted by Crippen LogP contribution is 2.28. The van der Waals surface area contributed by atoms with Crippen LogP contribution in [0.3, 0.4) is 0 Å². The molecule has 96 valence electrons. The highest BCUT2D eigenvalue weighted by molar-refractivity contribution is 5.66. The number of ether oxygens (including phenoxy) is 2. The van der Waals surface area contributed by atoms with E-state index < -0.39 is 0 Å². The van der Waals surface area contributed by atoms with Gasteiger partial charge in [-0.15, -0.1) is 0 Å². The maximum Gasteiger partial charge on any atom is 0.157 e. The molecule has 0 aliphatic carbocycles. The quantitative estimate of drug-likeness (QED) is 0.823. The van der Waals surface area contributed by atoms with E-state index in [4.69, 9.17) is 15.2 Å². The summed E-state index contributed by atoms with van der Waals surface area (Å²) in [5, 5.41) is 4.23. The summed E-state index contributed by atoms with van der Waals surface area (Å²) < 4.78 is 12.4. The van der Waals surface area contributed by atoms with Crippen molar-refractivity contribution in [3.63, 3.8) is 0 Å². The SMILES string of the molecule is CCCOc1cnn(-c2cccc(OC)c2N)c1. The summed E-state index contributed by atoms with van der Waals surface area (Å²) in [5.41, 5.74) is 7.35. The van der Waals surface area contributed by atoms with Crippen LogP contribution in [0.2, 0.25) is 0 Å². The Morgan fingerprint density at radius 3 is 2.94 bits per heavy atom. The first kappa shape index (κ1) is 12.3. The van der Waals surface area contributed by atoms with Gasteiger partial charge in [0.25, 0.3) is 0 Å². The number of benzene rings is 1. The predicted molar refractivity (Wildman–Crippen MR) is 70.3 cm³/mol. The lowest BCUT2D eigenvalue weighted by atomic mass is 10.2. The molecule has 0 spiro atoms. The zero-order chi connectivity index (χ0) is 13.0. The molecular formula is C13H17N3O2. The van der Waals surface area contributed by atoms with E-state index in [1.54, 1.807) is 24.2 Å². The molecule has 18 heavy (non-hydrogen) atoms. The molecule has 0 aliphatic heterocycles. The number of rotatable bonds is 5. The lowest BCUT2D eigenvalue weighted by molar-refractivity contribution is 0.317. The Morgan fingerprint density at radius 2 is 2.22 bits per heavy atom. The van der Waals surface area contributed by atoms with Gasteiger partial charge in [0.15, 0.2) is 5.75 Å². The highest BCUT2D eigenvalue weighted by atomic mass is 16.5. The normalized spacial score (nSPS) is 10.3. The second-order valence-corrected chi connectivity index (χ2v) is 3.86. The minimum absolute atomic E-state index is 0.560. The van der Waals surface area contributed by atoms with Crippen molar-refractivity contribution in [3.05, 3.63) is 30.6 Å². The van der Waals surface area contributed by atoms with Crippen LogP contribution in [0.25, 0.3) is 5.69 Å². The molecule has 2 N–H and O–H groups in total. The molecule has 0 aliphatic rings. The van der Waals surface area contributed by atoms with E-state index >= 15 is 0 Å². The minimum Gasteiger partial charge on any atom is -0.495 e. The lowest BCUT2D eigenvalue weighted by Crippen LogP contribution is -2.02. The molecule has 0 atom stereocenters. The van der Waals surface area contributed by atoms with Crippen LogP contribution in [0, 0.1) is 0 Å². The Hall–Kier alpha value is -2.17. The summed E-state index contributed by atoms with van der Waals surface area (Å²) >= 11 is 0. The molecule has 0 amide bonds. The second-order valence-electron chi connectivity index (χ2n) is 3.86. The molecule has 2 aromatic rings. The van der Waals surface area contributed by atoms with E-state index in [0.717, 1.165) is 17.9 Å². The third kappa shape index (κ3) is 2.40. The van der Waals surface area contributed by atoms with Gasteiger partial charge in [-0.2, -0.15) is 5.10 Å². The van der Waals surface area contributed by atoms with Gasteiger partial charge in [0.05, 0.1) is 31.8 Å². The molecular weight excluding hydrogens is 230 g/mol. The Balaban J connectivity index is 2.28. The molecule has 1 aromatic heterocycles. The number of hydrogen-bond acceptors (Lipinski definition) is 4. The fourth-order valence-electron chi connectivity index (χ4n) is 1.64. The van der Waals surface area contributed by atoms with Crippen LogP contribution in [0.4, 0.5) is 5.69 Å². The molecule has 0 bridgehead atoms. The summed E-state index contributed by atoms with van der Waals surface area (Å²) in [6, 6.07) is 5.57. The van der Waals surface area contributed by atoms with E-state index in [0.29, 0.717) is 18.0 Å². The minimum atomic E-state index is 0.560. The van der Waals surface area contributed by atoms with Crippen LogP contribution in [0.15, 0.2) is 30.6 Å². The van der Waals surface area contributed by atoms with Crippen LogP contribution in [0.1, 0.15) is 13.3 Å². The molecule has 5 nitrogen and oxygen atoms in total. The molecule has 2 rings (SSSR count). The highest BCUT2D eigenvalue weighted by Gasteiger charge is 2.08. The lowest BCUT2D eigenvalue weighted by Gasteiger charge is -2.09. The molecule has 5 heteroatoms. The zero-order valence-electron chi connectivity index (χ0n) is 10.6. The van der Waals surface area contributed by atoms with E-state index in [9.17, 15) is 0 Å². The van der Waals surface area contributed by atoms with E-state index in [1.807, 2.05) is 18.2 Å². The van der Waals surface area contributed by atoms with Crippen molar-refractivity contribution < 1.29 is 9.47 Å². The van der Waals surface area contributed by atoms with Crippen molar-refractivity contribution in [1.82, 2.24) is 9.78 Å². The van der Waals surface area contributed by atoms with Crippen molar-refractivity contribution in [2.24, 2.45) is 0 Å². The molecule has 0 saturated heterocycles. The number of aromatic nitrogens is 2. The number of para-hydroxylation sites is 1.